The summed E-state index contributed by atoms with van der Waals surface area (Å²) in [6.45, 7) is -1.03. The lowest BCUT2D eigenvalue weighted by atomic mass is 9.97. The molecular weight excluding hydrogens is 1180 g/mol. The summed E-state index contributed by atoms with van der Waals surface area (Å²) in [7, 11) is 0. The topological polar surface area (TPSA) is 205 Å². The van der Waals surface area contributed by atoms with Crippen LogP contribution in [0.5, 0.6) is 0 Å². The Labute approximate surface area is 482 Å². The molecule has 10 rings (SSSR count). The number of alkyl halides is 12. The lowest BCUT2D eigenvalue weighted by Gasteiger charge is -2.15. The predicted octanol–water partition coefficient (Wildman–Crippen LogP) is 14.3. The third-order valence-electron chi connectivity index (χ3n) is 12.6. The highest BCUT2D eigenvalue weighted by Crippen LogP contribution is 2.41. The molecule has 10 aromatic rings. The van der Waals surface area contributed by atoms with Crippen LogP contribution >= 0.6 is 23.2 Å². The van der Waals surface area contributed by atoms with Crippen molar-refractivity contribution in [2.75, 3.05) is 11.5 Å². The maximum Gasteiger partial charge on any atom is 0.416 e. The number of nitrogens with two attached hydrogens (primary N) is 2. The minimum atomic E-state index is -5.02. The molecule has 0 unspecified atom stereocenters. The molecule has 0 radical (unpaired) electrons. The van der Waals surface area contributed by atoms with Crippen LogP contribution in [0.4, 0.5) is 64.1 Å². The lowest BCUT2D eigenvalue weighted by Crippen LogP contribution is -2.13. The molecule has 6 N–H and O–H groups in total. The molecule has 436 valence electrons. The summed E-state index contributed by atoms with van der Waals surface area (Å²) >= 11 is 12.5. The van der Waals surface area contributed by atoms with Crippen LogP contribution in [0.15, 0.2) is 170 Å². The van der Waals surface area contributed by atoms with Gasteiger partial charge in [0, 0.05) is 46.0 Å². The third-order valence-corrected chi connectivity index (χ3v) is 13.3. The van der Waals surface area contributed by atoms with Crippen LogP contribution in [0.25, 0.3) is 45.3 Å². The number of carbonyl (C=O) groups is 2. The number of hydrogen-bond acceptors (Lipinski definition) is 10. The van der Waals surface area contributed by atoms with Crippen LogP contribution < -0.4 is 11.5 Å². The molecular formula is C58H38Cl2F12N10O3. The van der Waals surface area contributed by atoms with Gasteiger partial charge in [0.15, 0.2) is 11.6 Å². The van der Waals surface area contributed by atoms with Gasteiger partial charge in [0.1, 0.15) is 22.8 Å². The van der Waals surface area contributed by atoms with Gasteiger partial charge >= 0.3 is 24.7 Å². The molecule has 4 heterocycles. The van der Waals surface area contributed by atoms with Crippen LogP contribution in [0.1, 0.15) is 65.2 Å². The molecule has 0 aliphatic rings. The van der Waals surface area contributed by atoms with Gasteiger partial charge in [0.05, 0.1) is 67.9 Å². The summed E-state index contributed by atoms with van der Waals surface area (Å²) in [4.78, 5) is 35.9. The predicted molar refractivity (Wildman–Crippen MR) is 291 cm³/mol. The van der Waals surface area contributed by atoms with Gasteiger partial charge in [0.25, 0.3) is 0 Å². The van der Waals surface area contributed by atoms with Gasteiger partial charge in [-0.05, 0) is 83.9 Å². The average molecular weight is 1220 g/mol. The molecule has 27 heteroatoms. The summed E-state index contributed by atoms with van der Waals surface area (Å²) in [5.74, 6) is -1.13. The van der Waals surface area contributed by atoms with Crippen LogP contribution in [-0.4, -0.2) is 57.0 Å². The van der Waals surface area contributed by atoms with Gasteiger partial charge in [0.2, 0.25) is 0 Å². The molecule has 85 heavy (non-hydrogen) atoms. The van der Waals surface area contributed by atoms with Crippen molar-refractivity contribution in [1.29, 1.82) is 0 Å². The molecule has 0 aliphatic heterocycles. The number of halogens is 14. The number of pyridine rings is 2. The zero-order valence-electron chi connectivity index (χ0n) is 42.9. The summed E-state index contributed by atoms with van der Waals surface area (Å²) in [6, 6.07) is 34.7. The van der Waals surface area contributed by atoms with Crippen molar-refractivity contribution < 1.29 is 67.8 Å². The van der Waals surface area contributed by atoms with E-state index in [1.807, 2.05) is 0 Å². The minimum Gasteiger partial charge on any atom is -0.412 e. The first kappa shape index (κ1) is 61.6. The molecule has 0 amide bonds. The molecule has 6 aromatic carbocycles. The molecule has 0 saturated heterocycles. The fourth-order valence-electron chi connectivity index (χ4n) is 8.85. The van der Waals surface area contributed by atoms with Crippen LogP contribution in [0.2, 0.25) is 10.0 Å². The van der Waals surface area contributed by atoms with Gasteiger partial charge in [-0.1, -0.05) is 119 Å². The Morgan fingerprint density at radius 2 is 0.729 bits per heavy atom. The van der Waals surface area contributed by atoms with E-state index in [2.05, 4.69) is 30.6 Å². The van der Waals surface area contributed by atoms with E-state index in [9.17, 15) is 62.3 Å². The normalized spacial score (nSPS) is 11.8. The monoisotopic (exact) mass is 1220 g/mol. The number of hydrogen-bond donors (Lipinski definition) is 2. The van der Waals surface area contributed by atoms with Crippen molar-refractivity contribution in [1.82, 2.24) is 40.0 Å². The maximum absolute atomic E-state index is 13.6. The quantitative estimate of drug-likeness (QED) is 0.0874. The SMILES string of the molecule is Nc1ccnc(-c2nnn(Cc3cc(C(F)(F)F)cc(C(F)(F)F)c3)c2-c2ccccc2)c1C(=O)c1ccccc1Cl.Nc1ccnc(-c2nnn(Cc3cc(C(F)(F)F)cc(C(F)(F)F)c3)c2-c2ccccc2)c1C(=O)c1ccccc1Cl.O. The summed E-state index contributed by atoms with van der Waals surface area (Å²) < 4.78 is 164. The first-order valence-electron chi connectivity index (χ1n) is 24.3. The van der Waals surface area contributed by atoms with Crippen LogP contribution in [0.3, 0.4) is 0 Å². The highest BCUT2D eigenvalue weighted by molar-refractivity contribution is 6.36. The number of aromatic nitrogens is 8. The second-order valence-electron chi connectivity index (χ2n) is 18.3. The zero-order chi connectivity index (χ0) is 60.5. The summed E-state index contributed by atoms with van der Waals surface area (Å²) in [6.07, 6.45) is -17.4. The van der Waals surface area contributed by atoms with E-state index in [0.29, 0.717) is 35.4 Å². The molecule has 0 atom stereocenters. The summed E-state index contributed by atoms with van der Waals surface area (Å²) in [5.41, 5.74) is 7.58. The van der Waals surface area contributed by atoms with Gasteiger partial charge in [-0.3, -0.25) is 19.6 Å². The Kier molecular flexibility index (Phi) is 17.7. The van der Waals surface area contributed by atoms with E-state index in [1.165, 1.54) is 48.8 Å². The van der Waals surface area contributed by atoms with Gasteiger partial charge in [-0.15, -0.1) is 10.2 Å². The Bertz CT molecular complexity index is 3770. The van der Waals surface area contributed by atoms with Crippen LogP contribution in [-0.2, 0) is 37.8 Å². The van der Waals surface area contributed by atoms with Crippen LogP contribution in [0, 0.1) is 0 Å². The van der Waals surface area contributed by atoms with Crippen molar-refractivity contribution in [2.45, 2.75) is 37.8 Å². The second-order valence-corrected chi connectivity index (χ2v) is 19.1. The molecule has 0 spiro atoms. The molecule has 0 bridgehead atoms. The fraction of sp³-hybridized carbons (Fsp3) is 0.103. The van der Waals surface area contributed by atoms with E-state index in [4.69, 9.17) is 34.7 Å². The smallest absolute Gasteiger partial charge is 0.412 e. The standard InChI is InChI=1S/2C29H18ClF6N5O.H2O/c2*30-21-9-5-4-8-20(21)27(42)23-22(37)10-11-38-24(23)25-26(17-6-2-1-3-7-17)41(40-39-25)15-16-12-18(28(31,32)33)14-19(13-16)29(34,35)36;/h2*1-14H,15H2,(H2,37,38);1H2. The largest absolute Gasteiger partial charge is 0.416 e. The summed E-state index contributed by atoms with van der Waals surface area (Å²) in [5, 5.41) is 16.8. The Morgan fingerprint density at radius 3 is 1.04 bits per heavy atom. The molecule has 0 saturated carbocycles. The highest BCUT2D eigenvalue weighted by Gasteiger charge is 2.39. The van der Waals surface area contributed by atoms with Crippen molar-refractivity contribution >= 4 is 46.1 Å². The third kappa shape index (κ3) is 13.5. The van der Waals surface area contributed by atoms with E-state index < -0.39 is 71.6 Å². The number of nitrogens with zero attached hydrogens (tertiary/aromatic N) is 8. The molecule has 0 aliphatic carbocycles. The van der Waals surface area contributed by atoms with E-state index in [1.54, 1.807) is 84.9 Å². The molecule has 13 nitrogen and oxygen atoms in total. The number of carbonyl (C=O) groups excluding carboxylic acids is 2. The van der Waals surface area contributed by atoms with Crippen molar-refractivity contribution in [3.8, 4) is 45.3 Å². The fourth-order valence-corrected chi connectivity index (χ4v) is 9.29. The maximum atomic E-state index is 13.6. The number of rotatable bonds is 12. The second kappa shape index (κ2) is 24.4. The number of anilines is 2. The first-order valence-corrected chi connectivity index (χ1v) is 25.1. The van der Waals surface area contributed by atoms with Crippen molar-refractivity contribution in [3.63, 3.8) is 0 Å². The van der Waals surface area contributed by atoms with E-state index >= 15 is 0 Å². The van der Waals surface area contributed by atoms with Crippen molar-refractivity contribution in [2.24, 2.45) is 0 Å². The van der Waals surface area contributed by atoms with Gasteiger partial charge < -0.3 is 16.9 Å². The van der Waals surface area contributed by atoms with E-state index in [0.717, 1.165) is 9.36 Å². The highest BCUT2D eigenvalue weighted by atomic mass is 35.5. The van der Waals surface area contributed by atoms with Gasteiger partial charge in [-0.25, -0.2) is 9.36 Å². The van der Waals surface area contributed by atoms with Crippen molar-refractivity contribution in [3.05, 3.63) is 236 Å². The van der Waals surface area contributed by atoms with Gasteiger partial charge in [-0.2, -0.15) is 52.7 Å². The Hall–Kier alpha value is -9.46. The number of benzene rings is 6. The molecule has 0 fully saturated rings. The molecule has 4 aromatic heterocycles. The minimum absolute atomic E-state index is 0. The number of nitrogen functional groups attached to an aromatic ring is 2. The Balaban J connectivity index is 0.000000219. The lowest BCUT2D eigenvalue weighted by molar-refractivity contribution is -0.144. The Morgan fingerprint density at radius 1 is 0.424 bits per heavy atom. The zero-order valence-corrected chi connectivity index (χ0v) is 44.4. The number of ketones is 2. The first-order chi connectivity index (χ1) is 39.7. The average Bonchev–Trinajstić information content (AvgIpc) is 2.64. The van der Waals surface area contributed by atoms with E-state index in [-0.39, 0.29) is 107 Å².